The number of carbonyl (C=O) groups is 1. The Kier molecular flexibility index (Phi) is 2.90. The van der Waals surface area contributed by atoms with Gasteiger partial charge in [-0.25, -0.2) is 0 Å². The molecular weight excluding hydrogens is 240 g/mol. The van der Waals surface area contributed by atoms with Gasteiger partial charge >= 0.3 is 5.97 Å². The van der Waals surface area contributed by atoms with Gasteiger partial charge in [-0.1, -0.05) is 30.7 Å². The Morgan fingerprint density at radius 3 is 2.42 bits per heavy atom. The van der Waals surface area contributed by atoms with Crippen molar-refractivity contribution in [2.24, 2.45) is 0 Å². The first-order chi connectivity index (χ1) is 9.13. The molecule has 0 bridgehead atoms. The molecule has 1 aromatic rings. The minimum atomic E-state index is -0.674. The van der Waals surface area contributed by atoms with Crippen LogP contribution in [-0.2, 0) is 20.4 Å². The number of benzene rings is 1. The van der Waals surface area contributed by atoms with Gasteiger partial charge < -0.3 is 9.84 Å². The molecule has 0 saturated heterocycles. The van der Waals surface area contributed by atoms with Crippen LogP contribution in [0.4, 0.5) is 0 Å². The van der Waals surface area contributed by atoms with Crippen LogP contribution in [0.2, 0.25) is 0 Å². The molecule has 0 aromatic heterocycles. The molecule has 0 amide bonds. The zero-order chi connectivity index (χ0) is 13.5. The fourth-order valence-corrected chi connectivity index (χ4v) is 3.25. The fraction of sp³-hybridized carbons (Fsp3) is 0.562. The monoisotopic (exact) mass is 260 g/mol. The summed E-state index contributed by atoms with van der Waals surface area (Å²) in [4.78, 5) is 11.6. The first-order valence-electron chi connectivity index (χ1n) is 6.96. The highest BCUT2D eigenvalue weighted by Gasteiger charge is 2.48. The molecule has 102 valence electrons. The molecule has 0 atom stereocenters. The molecule has 3 rings (SSSR count). The van der Waals surface area contributed by atoms with Crippen molar-refractivity contribution in [3.8, 4) is 0 Å². The maximum absolute atomic E-state index is 11.6. The van der Waals surface area contributed by atoms with Gasteiger partial charge in [-0.2, -0.15) is 0 Å². The van der Waals surface area contributed by atoms with Crippen molar-refractivity contribution in [3.05, 3.63) is 35.4 Å². The van der Waals surface area contributed by atoms with E-state index in [1.165, 1.54) is 5.56 Å². The van der Waals surface area contributed by atoms with Crippen molar-refractivity contribution in [1.82, 2.24) is 0 Å². The van der Waals surface area contributed by atoms with Gasteiger partial charge in [0.05, 0.1) is 12.0 Å². The summed E-state index contributed by atoms with van der Waals surface area (Å²) in [6, 6.07) is 8.20. The molecule has 0 aliphatic heterocycles. The molecule has 0 heterocycles. The Morgan fingerprint density at radius 2 is 1.95 bits per heavy atom. The number of aliphatic carboxylic acids is 1. The zero-order valence-corrected chi connectivity index (χ0v) is 11.3. The van der Waals surface area contributed by atoms with Crippen LogP contribution in [0, 0.1) is 0 Å². The summed E-state index contributed by atoms with van der Waals surface area (Å²) >= 11 is 0. The molecule has 1 N–H and O–H groups in total. The van der Waals surface area contributed by atoms with Gasteiger partial charge in [-0.05, 0) is 36.8 Å². The molecule has 3 nitrogen and oxygen atoms in total. The second kappa shape index (κ2) is 4.34. The van der Waals surface area contributed by atoms with E-state index in [9.17, 15) is 9.90 Å². The summed E-state index contributed by atoms with van der Waals surface area (Å²) in [5.74, 6) is -0.674. The number of hydrogen-bond donors (Lipinski definition) is 1. The molecule has 0 unspecified atom stereocenters. The Morgan fingerprint density at radius 1 is 1.26 bits per heavy atom. The van der Waals surface area contributed by atoms with E-state index in [2.05, 4.69) is 12.1 Å². The largest absolute Gasteiger partial charge is 0.481 e. The van der Waals surface area contributed by atoms with Gasteiger partial charge in [0.25, 0.3) is 0 Å². The van der Waals surface area contributed by atoms with Crippen LogP contribution in [0.1, 0.15) is 43.2 Å². The Balaban J connectivity index is 1.94. The molecule has 2 fully saturated rings. The number of ether oxygens (including phenoxy) is 1. The van der Waals surface area contributed by atoms with Crippen LogP contribution in [-0.4, -0.2) is 24.8 Å². The maximum Gasteiger partial charge on any atom is 0.314 e. The van der Waals surface area contributed by atoms with E-state index < -0.39 is 11.4 Å². The van der Waals surface area contributed by atoms with Gasteiger partial charge in [-0.15, -0.1) is 0 Å². The van der Waals surface area contributed by atoms with E-state index in [0.717, 1.165) is 44.3 Å². The predicted molar refractivity (Wildman–Crippen MR) is 72.4 cm³/mol. The minimum absolute atomic E-state index is 0.147. The summed E-state index contributed by atoms with van der Waals surface area (Å²) in [5.41, 5.74) is 1.75. The Hall–Kier alpha value is -1.35. The third-order valence-electron chi connectivity index (χ3n) is 4.92. The molecule has 1 aromatic carbocycles. The van der Waals surface area contributed by atoms with Crippen LogP contribution >= 0.6 is 0 Å². The van der Waals surface area contributed by atoms with Crippen molar-refractivity contribution in [3.63, 3.8) is 0 Å². The van der Waals surface area contributed by atoms with Crippen molar-refractivity contribution in [2.45, 2.75) is 42.9 Å². The number of carboxylic acid groups (broad SMARTS) is 1. The number of methoxy groups -OCH3 is 1. The second-order valence-corrected chi connectivity index (χ2v) is 6.03. The average molecular weight is 260 g/mol. The lowest BCUT2D eigenvalue weighted by Gasteiger charge is -2.38. The first kappa shape index (κ1) is 12.7. The van der Waals surface area contributed by atoms with E-state index in [-0.39, 0.29) is 5.41 Å². The van der Waals surface area contributed by atoms with Crippen molar-refractivity contribution >= 4 is 5.97 Å². The molecule has 0 spiro atoms. The standard InChI is InChI=1S/C16H20O3/c1-19-11-15(8-9-15)12-4-2-5-13(10-12)16(14(17)18)6-3-7-16/h2,4-5,10H,3,6-9,11H2,1H3,(H,17,18). The van der Waals surface area contributed by atoms with Gasteiger partial charge in [0.2, 0.25) is 0 Å². The van der Waals surface area contributed by atoms with Gasteiger partial charge in [0, 0.05) is 12.5 Å². The Bertz CT molecular complexity index is 498. The van der Waals surface area contributed by atoms with Gasteiger partial charge in [-0.3, -0.25) is 4.79 Å². The molecule has 2 aliphatic carbocycles. The molecule has 19 heavy (non-hydrogen) atoms. The molecule has 3 heteroatoms. The van der Waals surface area contributed by atoms with Crippen LogP contribution in [0.25, 0.3) is 0 Å². The molecule has 2 saturated carbocycles. The predicted octanol–water partition coefficient (Wildman–Crippen LogP) is 2.87. The van der Waals surface area contributed by atoms with Gasteiger partial charge in [0.1, 0.15) is 0 Å². The van der Waals surface area contributed by atoms with Crippen LogP contribution in [0.3, 0.4) is 0 Å². The molecule has 2 aliphatic rings. The summed E-state index contributed by atoms with van der Waals surface area (Å²) in [6.45, 7) is 0.733. The molecular formula is C16H20O3. The van der Waals surface area contributed by atoms with Crippen molar-refractivity contribution < 1.29 is 14.6 Å². The quantitative estimate of drug-likeness (QED) is 0.885. The second-order valence-electron chi connectivity index (χ2n) is 6.03. The number of hydrogen-bond acceptors (Lipinski definition) is 2. The highest BCUT2D eigenvalue weighted by atomic mass is 16.5. The van der Waals surface area contributed by atoms with Crippen LogP contribution in [0.15, 0.2) is 24.3 Å². The van der Waals surface area contributed by atoms with E-state index >= 15 is 0 Å². The third kappa shape index (κ3) is 1.88. The van der Waals surface area contributed by atoms with Crippen molar-refractivity contribution in [2.75, 3.05) is 13.7 Å². The van der Waals surface area contributed by atoms with Gasteiger partial charge in [0.15, 0.2) is 0 Å². The topological polar surface area (TPSA) is 46.5 Å². The van der Waals surface area contributed by atoms with E-state index in [4.69, 9.17) is 4.74 Å². The van der Waals surface area contributed by atoms with Crippen molar-refractivity contribution in [1.29, 1.82) is 0 Å². The molecule has 0 radical (unpaired) electrons. The minimum Gasteiger partial charge on any atom is -0.481 e. The lowest BCUT2D eigenvalue weighted by atomic mass is 9.64. The maximum atomic E-state index is 11.6. The summed E-state index contributed by atoms with van der Waals surface area (Å²) in [5, 5.41) is 9.53. The Labute approximate surface area is 113 Å². The highest BCUT2D eigenvalue weighted by molar-refractivity contribution is 5.82. The smallest absolute Gasteiger partial charge is 0.314 e. The number of rotatable bonds is 5. The lowest BCUT2D eigenvalue weighted by Crippen LogP contribution is -2.42. The highest BCUT2D eigenvalue weighted by Crippen LogP contribution is 2.50. The summed E-state index contributed by atoms with van der Waals surface area (Å²) in [6.07, 6.45) is 4.83. The fourth-order valence-electron chi connectivity index (χ4n) is 3.25. The van der Waals surface area contributed by atoms with Crippen LogP contribution < -0.4 is 0 Å². The van der Waals surface area contributed by atoms with E-state index in [1.54, 1.807) is 7.11 Å². The summed E-state index contributed by atoms with van der Waals surface area (Å²) < 4.78 is 5.32. The third-order valence-corrected chi connectivity index (χ3v) is 4.92. The van der Waals surface area contributed by atoms with E-state index in [0.29, 0.717) is 0 Å². The lowest BCUT2D eigenvalue weighted by molar-refractivity contribution is -0.147. The first-order valence-corrected chi connectivity index (χ1v) is 6.96. The van der Waals surface area contributed by atoms with Crippen LogP contribution in [0.5, 0.6) is 0 Å². The summed E-state index contributed by atoms with van der Waals surface area (Å²) in [7, 11) is 1.73. The van der Waals surface area contributed by atoms with E-state index in [1.807, 2.05) is 12.1 Å². The average Bonchev–Trinajstić information content (AvgIpc) is 3.09. The number of carboxylic acids is 1. The zero-order valence-electron chi connectivity index (χ0n) is 11.3. The SMILES string of the molecule is COCC1(c2cccc(C3(C(=O)O)CCC3)c2)CC1. The normalized spacial score (nSPS) is 22.6.